The molecule has 2 atom stereocenters. The highest BCUT2D eigenvalue weighted by Gasteiger charge is 2.35. The standard InChI is InChI=1S/C21H30FN3O3/c1-15(2)25-11-9-23-21(27)19(25)12-20(26)24-10-3-4-16(13-24)14-28-18-7-5-17(22)6-8-18/h5-8,15-16,19H,3-4,9-14H2,1-2H3,(H,23,27)/t16-,19+/m0/s1. The van der Waals surface area contributed by atoms with Crippen LogP contribution in [0.5, 0.6) is 5.75 Å². The number of carbonyl (C=O) groups excluding carboxylic acids is 2. The van der Waals surface area contributed by atoms with Gasteiger partial charge in [-0.3, -0.25) is 14.5 Å². The van der Waals surface area contributed by atoms with Gasteiger partial charge in [0.15, 0.2) is 0 Å². The van der Waals surface area contributed by atoms with Crippen molar-refractivity contribution in [2.45, 2.75) is 45.2 Å². The summed E-state index contributed by atoms with van der Waals surface area (Å²) in [6.07, 6.45) is 2.14. The second-order valence-corrected chi connectivity index (χ2v) is 7.96. The first-order valence-corrected chi connectivity index (χ1v) is 10.1. The number of piperazine rings is 1. The normalized spacial score (nSPS) is 23.6. The zero-order chi connectivity index (χ0) is 20.1. The number of nitrogens with zero attached hydrogens (tertiary/aromatic N) is 2. The van der Waals surface area contributed by atoms with Crippen LogP contribution in [0.2, 0.25) is 0 Å². The van der Waals surface area contributed by atoms with Crippen LogP contribution in [0, 0.1) is 11.7 Å². The molecule has 0 unspecified atom stereocenters. The Morgan fingerprint density at radius 2 is 2.04 bits per heavy atom. The van der Waals surface area contributed by atoms with E-state index in [1.54, 1.807) is 12.1 Å². The van der Waals surface area contributed by atoms with E-state index < -0.39 is 6.04 Å². The number of ether oxygens (including phenoxy) is 1. The smallest absolute Gasteiger partial charge is 0.237 e. The van der Waals surface area contributed by atoms with Crippen LogP contribution in [-0.4, -0.2) is 66.5 Å². The molecule has 0 saturated carbocycles. The van der Waals surface area contributed by atoms with Crippen molar-refractivity contribution in [1.82, 2.24) is 15.1 Å². The molecule has 2 amide bonds. The summed E-state index contributed by atoms with van der Waals surface area (Å²) < 4.78 is 18.8. The Labute approximate surface area is 166 Å². The van der Waals surface area contributed by atoms with Crippen LogP contribution in [0.3, 0.4) is 0 Å². The maximum absolute atomic E-state index is 13.0. The van der Waals surface area contributed by atoms with E-state index in [1.807, 2.05) is 4.90 Å². The number of likely N-dealkylation sites (tertiary alicyclic amines) is 1. The minimum absolute atomic E-state index is 0.0270. The Kier molecular flexibility index (Phi) is 6.88. The summed E-state index contributed by atoms with van der Waals surface area (Å²) >= 11 is 0. The van der Waals surface area contributed by atoms with E-state index in [0.29, 0.717) is 25.4 Å². The van der Waals surface area contributed by atoms with Gasteiger partial charge in [-0.1, -0.05) is 0 Å². The van der Waals surface area contributed by atoms with Crippen molar-refractivity contribution in [2.24, 2.45) is 5.92 Å². The first kappa shape index (κ1) is 20.6. The van der Waals surface area contributed by atoms with Crippen molar-refractivity contribution in [3.05, 3.63) is 30.1 Å². The largest absolute Gasteiger partial charge is 0.493 e. The van der Waals surface area contributed by atoms with Gasteiger partial charge in [0.25, 0.3) is 0 Å². The van der Waals surface area contributed by atoms with Crippen LogP contribution in [0.1, 0.15) is 33.1 Å². The van der Waals surface area contributed by atoms with Gasteiger partial charge in [0.1, 0.15) is 11.6 Å². The molecule has 0 radical (unpaired) electrons. The Morgan fingerprint density at radius 3 is 2.75 bits per heavy atom. The number of amides is 2. The Balaban J connectivity index is 1.53. The fourth-order valence-electron chi connectivity index (χ4n) is 4.03. The van der Waals surface area contributed by atoms with E-state index in [2.05, 4.69) is 24.1 Å². The molecule has 1 N–H and O–H groups in total. The van der Waals surface area contributed by atoms with Crippen molar-refractivity contribution < 1.29 is 18.7 Å². The second-order valence-electron chi connectivity index (χ2n) is 7.96. The molecule has 1 aromatic carbocycles. The molecule has 28 heavy (non-hydrogen) atoms. The molecule has 2 heterocycles. The second kappa shape index (κ2) is 9.37. The fourth-order valence-corrected chi connectivity index (χ4v) is 4.03. The number of carbonyl (C=O) groups is 2. The highest BCUT2D eigenvalue weighted by molar-refractivity contribution is 5.89. The van der Waals surface area contributed by atoms with Crippen molar-refractivity contribution in [3.8, 4) is 5.75 Å². The van der Waals surface area contributed by atoms with E-state index in [1.165, 1.54) is 12.1 Å². The van der Waals surface area contributed by atoms with E-state index in [4.69, 9.17) is 4.74 Å². The molecule has 2 aliphatic heterocycles. The van der Waals surface area contributed by atoms with E-state index in [9.17, 15) is 14.0 Å². The fraction of sp³-hybridized carbons (Fsp3) is 0.619. The summed E-state index contributed by atoms with van der Waals surface area (Å²) in [4.78, 5) is 29.1. The van der Waals surface area contributed by atoms with Crippen molar-refractivity contribution >= 4 is 11.8 Å². The first-order chi connectivity index (χ1) is 13.4. The maximum atomic E-state index is 13.0. The number of rotatable bonds is 6. The number of piperidine rings is 1. The lowest BCUT2D eigenvalue weighted by molar-refractivity contribution is -0.140. The average molecular weight is 391 g/mol. The molecule has 1 aromatic rings. The average Bonchev–Trinajstić information content (AvgIpc) is 2.69. The summed E-state index contributed by atoms with van der Waals surface area (Å²) in [6, 6.07) is 5.81. The molecule has 3 rings (SSSR count). The zero-order valence-electron chi connectivity index (χ0n) is 16.7. The lowest BCUT2D eigenvalue weighted by Gasteiger charge is -2.39. The first-order valence-electron chi connectivity index (χ1n) is 10.1. The van der Waals surface area contributed by atoms with Gasteiger partial charge < -0.3 is 15.0 Å². The number of hydrogen-bond donors (Lipinski definition) is 1. The Hall–Kier alpha value is -2.15. The van der Waals surface area contributed by atoms with Crippen molar-refractivity contribution in [3.63, 3.8) is 0 Å². The Bertz CT molecular complexity index is 680. The molecule has 154 valence electrons. The number of benzene rings is 1. The molecular formula is C21H30FN3O3. The molecule has 0 bridgehead atoms. The van der Waals surface area contributed by atoms with Gasteiger partial charge in [-0.15, -0.1) is 0 Å². The summed E-state index contributed by atoms with van der Waals surface area (Å²) in [6.45, 7) is 7.37. The van der Waals surface area contributed by atoms with E-state index in [-0.39, 0.29) is 36.0 Å². The maximum Gasteiger partial charge on any atom is 0.237 e. The predicted molar refractivity (Wildman–Crippen MR) is 104 cm³/mol. The lowest BCUT2D eigenvalue weighted by atomic mass is 9.97. The summed E-state index contributed by atoms with van der Waals surface area (Å²) in [5, 5.41) is 2.88. The van der Waals surface area contributed by atoms with Crippen LogP contribution in [0.15, 0.2) is 24.3 Å². The molecular weight excluding hydrogens is 361 g/mol. The molecule has 0 spiro atoms. The van der Waals surface area contributed by atoms with Gasteiger partial charge >= 0.3 is 0 Å². The topological polar surface area (TPSA) is 61.9 Å². The number of nitrogens with one attached hydrogen (secondary N) is 1. The van der Waals surface area contributed by atoms with Crippen LogP contribution in [0.25, 0.3) is 0 Å². The highest BCUT2D eigenvalue weighted by Crippen LogP contribution is 2.21. The monoisotopic (exact) mass is 391 g/mol. The SMILES string of the molecule is CC(C)N1CCNC(=O)[C@H]1CC(=O)N1CCC[C@H](COc2ccc(F)cc2)C1. The molecule has 0 aromatic heterocycles. The molecule has 2 saturated heterocycles. The van der Waals surface area contributed by atoms with Crippen LogP contribution in [0.4, 0.5) is 4.39 Å². The predicted octanol–water partition coefficient (Wildman–Crippen LogP) is 2.04. The van der Waals surface area contributed by atoms with Gasteiger partial charge in [0.05, 0.1) is 19.1 Å². The quantitative estimate of drug-likeness (QED) is 0.806. The summed E-state index contributed by atoms with van der Waals surface area (Å²) in [5.74, 6) is 0.560. The third-order valence-electron chi connectivity index (χ3n) is 5.57. The van der Waals surface area contributed by atoms with Crippen LogP contribution in [-0.2, 0) is 9.59 Å². The number of hydrogen-bond acceptors (Lipinski definition) is 4. The molecule has 7 heteroatoms. The van der Waals surface area contributed by atoms with Gasteiger partial charge in [-0.2, -0.15) is 0 Å². The zero-order valence-corrected chi connectivity index (χ0v) is 16.7. The lowest BCUT2D eigenvalue weighted by Crippen LogP contribution is -2.58. The van der Waals surface area contributed by atoms with Gasteiger partial charge in [0.2, 0.25) is 11.8 Å². The Morgan fingerprint density at radius 1 is 1.29 bits per heavy atom. The summed E-state index contributed by atoms with van der Waals surface area (Å²) in [5.41, 5.74) is 0. The third kappa shape index (κ3) is 5.22. The van der Waals surface area contributed by atoms with Crippen molar-refractivity contribution in [1.29, 1.82) is 0 Å². The van der Waals surface area contributed by atoms with Crippen LogP contribution >= 0.6 is 0 Å². The molecule has 0 aliphatic carbocycles. The minimum atomic E-state index is -0.392. The molecule has 6 nitrogen and oxygen atoms in total. The number of halogens is 1. The third-order valence-corrected chi connectivity index (χ3v) is 5.57. The van der Waals surface area contributed by atoms with Crippen LogP contribution < -0.4 is 10.1 Å². The van der Waals surface area contributed by atoms with Gasteiger partial charge in [-0.25, -0.2) is 4.39 Å². The molecule has 2 aliphatic rings. The minimum Gasteiger partial charge on any atom is -0.493 e. The summed E-state index contributed by atoms with van der Waals surface area (Å²) in [7, 11) is 0. The van der Waals surface area contributed by atoms with Gasteiger partial charge in [-0.05, 0) is 51.0 Å². The molecule has 2 fully saturated rings. The van der Waals surface area contributed by atoms with Crippen molar-refractivity contribution in [2.75, 3.05) is 32.8 Å². The van der Waals surface area contributed by atoms with E-state index in [0.717, 1.165) is 25.9 Å². The van der Waals surface area contributed by atoms with Gasteiger partial charge in [0, 0.05) is 38.1 Å². The highest BCUT2D eigenvalue weighted by atomic mass is 19.1. The van der Waals surface area contributed by atoms with E-state index >= 15 is 0 Å².